The smallest absolute Gasteiger partial charge is 0.410 e. The molecule has 9 heteroatoms. The molecule has 1 amide bonds. The maximum absolute atomic E-state index is 12.5. The van der Waals surface area contributed by atoms with Gasteiger partial charge in [0, 0.05) is 37.2 Å². The van der Waals surface area contributed by atoms with Crippen molar-refractivity contribution in [3.8, 4) is 11.1 Å². The number of hydrogen-bond acceptors (Lipinski definition) is 7. The van der Waals surface area contributed by atoms with Gasteiger partial charge in [0.25, 0.3) is 5.69 Å². The van der Waals surface area contributed by atoms with Gasteiger partial charge in [0.15, 0.2) is 0 Å². The van der Waals surface area contributed by atoms with Crippen LogP contribution in [0.1, 0.15) is 64.7 Å². The minimum absolute atomic E-state index is 0.0109. The fourth-order valence-corrected chi connectivity index (χ4v) is 5.68. The zero-order chi connectivity index (χ0) is 28.5. The van der Waals surface area contributed by atoms with Crippen LogP contribution in [0.2, 0.25) is 0 Å². The number of nitro benzene ring substituents is 1. The summed E-state index contributed by atoms with van der Waals surface area (Å²) in [5.74, 6) is -0.160. The number of anilines is 1. The molecule has 0 atom stereocenters. The highest BCUT2D eigenvalue weighted by Crippen LogP contribution is 2.52. The summed E-state index contributed by atoms with van der Waals surface area (Å²) in [5.41, 5.74) is 1.67. The first-order chi connectivity index (χ1) is 18.3. The molecule has 1 spiro atoms. The third-order valence-corrected chi connectivity index (χ3v) is 7.26. The standard InChI is InChI=1S/C30H39N3O6/c1-7-38-27(34)24-11-9-8-10-23(24)21-12-13-25(26(14-21)33(36)37)32(17-20(2)3)22-15-30(16-22)18-31(19-30)28(35)39-29(4,5)6/h8-14,20,22H,7,15-19H2,1-6H3. The zero-order valence-electron chi connectivity index (χ0n) is 23.7. The third-order valence-electron chi connectivity index (χ3n) is 7.26. The number of nitrogens with zero attached hydrogens (tertiary/aromatic N) is 3. The number of amides is 1. The number of esters is 1. The summed E-state index contributed by atoms with van der Waals surface area (Å²) in [6, 6.07) is 12.3. The van der Waals surface area contributed by atoms with Gasteiger partial charge in [0.1, 0.15) is 11.3 Å². The lowest BCUT2D eigenvalue weighted by Crippen LogP contribution is -2.68. The van der Waals surface area contributed by atoms with Crippen molar-refractivity contribution in [3.63, 3.8) is 0 Å². The molecule has 0 radical (unpaired) electrons. The molecule has 2 aromatic rings. The molecule has 2 aromatic carbocycles. The van der Waals surface area contributed by atoms with Crippen LogP contribution in [0.25, 0.3) is 11.1 Å². The number of carbonyl (C=O) groups excluding carboxylic acids is 2. The van der Waals surface area contributed by atoms with Gasteiger partial charge in [-0.25, -0.2) is 9.59 Å². The molecule has 0 unspecified atom stereocenters. The molecule has 1 saturated heterocycles. The first kappa shape index (κ1) is 28.4. The molecule has 0 bridgehead atoms. The monoisotopic (exact) mass is 537 g/mol. The van der Waals surface area contributed by atoms with Gasteiger partial charge in [-0.15, -0.1) is 0 Å². The minimum Gasteiger partial charge on any atom is -0.462 e. The average molecular weight is 538 g/mol. The lowest BCUT2D eigenvalue weighted by Gasteiger charge is -2.61. The van der Waals surface area contributed by atoms with Crippen LogP contribution in [0.3, 0.4) is 0 Å². The first-order valence-electron chi connectivity index (χ1n) is 13.6. The summed E-state index contributed by atoms with van der Waals surface area (Å²) in [6.07, 6.45) is 1.44. The van der Waals surface area contributed by atoms with Crippen LogP contribution in [0.15, 0.2) is 42.5 Å². The number of benzene rings is 2. The molecule has 1 saturated carbocycles. The second-order valence-electron chi connectivity index (χ2n) is 12.2. The Hall–Kier alpha value is -3.62. The summed E-state index contributed by atoms with van der Waals surface area (Å²) in [5, 5.41) is 12.3. The van der Waals surface area contributed by atoms with Gasteiger partial charge < -0.3 is 19.3 Å². The largest absolute Gasteiger partial charge is 0.462 e. The van der Waals surface area contributed by atoms with E-state index in [1.54, 1.807) is 48.2 Å². The normalized spacial score (nSPS) is 16.4. The summed E-state index contributed by atoms with van der Waals surface area (Å²) >= 11 is 0. The van der Waals surface area contributed by atoms with Crippen molar-refractivity contribution >= 4 is 23.4 Å². The van der Waals surface area contributed by atoms with Gasteiger partial charge in [-0.3, -0.25) is 10.1 Å². The minimum atomic E-state index is -0.530. The predicted molar refractivity (Wildman–Crippen MR) is 150 cm³/mol. The van der Waals surface area contributed by atoms with Gasteiger partial charge in [0.05, 0.1) is 17.1 Å². The lowest BCUT2D eigenvalue weighted by atomic mass is 9.60. The highest BCUT2D eigenvalue weighted by Gasteiger charge is 2.56. The number of rotatable bonds is 8. The molecule has 2 fully saturated rings. The van der Waals surface area contributed by atoms with Crippen molar-refractivity contribution in [1.82, 2.24) is 4.90 Å². The van der Waals surface area contributed by atoms with Crippen LogP contribution in [0.5, 0.6) is 0 Å². The fraction of sp³-hybridized carbons (Fsp3) is 0.533. The lowest BCUT2D eigenvalue weighted by molar-refractivity contribution is -0.384. The highest BCUT2D eigenvalue weighted by molar-refractivity contribution is 5.97. The van der Waals surface area contributed by atoms with Gasteiger partial charge >= 0.3 is 12.1 Å². The second-order valence-corrected chi connectivity index (χ2v) is 12.2. The Morgan fingerprint density at radius 2 is 1.82 bits per heavy atom. The molecule has 9 nitrogen and oxygen atoms in total. The third kappa shape index (κ3) is 6.18. The Labute approximate surface area is 230 Å². The van der Waals surface area contributed by atoms with Gasteiger partial charge in [-0.2, -0.15) is 0 Å². The van der Waals surface area contributed by atoms with Gasteiger partial charge in [-0.05, 0) is 69.7 Å². The van der Waals surface area contributed by atoms with Crippen LogP contribution in [-0.2, 0) is 9.47 Å². The summed E-state index contributed by atoms with van der Waals surface area (Å²) in [4.78, 5) is 40.8. The van der Waals surface area contributed by atoms with Crippen LogP contribution in [0, 0.1) is 21.4 Å². The number of carbonyl (C=O) groups is 2. The van der Waals surface area contributed by atoms with E-state index in [0.29, 0.717) is 47.9 Å². The topological polar surface area (TPSA) is 102 Å². The van der Waals surface area contributed by atoms with Gasteiger partial charge in [0.2, 0.25) is 0 Å². The molecule has 39 heavy (non-hydrogen) atoms. The first-order valence-corrected chi connectivity index (χ1v) is 13.6. The van der Waals surface area contributed by atoms with E-state index in [1.807, 2.05) is 26.8 Å². The molecular weight excluding hydrogens is 498 g/mol. The van der Waals surface area contributed by atoms with Crippen LogP contribution >= 0.6 is 0 Å². The van der Waals surface area contributed by atoms with E-state index < -0.39 is 11.6 Å². The van der Waals surface area contributed by atoms with Crippen molar-refractivity contribution in [1.29, 1.82) is 0 Å². The van der Waals surface area contributed by atoms with Crippen molar-refractivity contribution < 1.29 is 24.0 Å². The maximum Gasteiger partial charge on any atom is 0.410 e. The molecule has 1 heterocycles. The Kier molecular flexibility index (Phi) is 7.91. The molecule has 0 N–H and O–H groups in total. The van der Waals surface area contributed by atoms with Crippen molar-refractivity contribution in [2.24, 2.45) is 11.3 Å². The molecule has 1 aliphatic heterocycles. The summed E-state index contributed by atoms with van der Waals surface area (Å²) < 4.78 is 10.7. The molecule has 2 aliphatic rings. The number of likely N-dealkylation sites (tertiary alicyclic amines) is 1. The average Bonchev–Trinajstić information content (AvgIpc) is 2.80. The summed E-state index contributed by atoms with van der Waals surface area (Å²) in [6.45, 7) is 13.7. The van der Waals surface area contributed by atoms with E-state index in [-0.39, 0.29) is 34.8 Å². The van der Waals surface area contributed by atoms with Crippen molar-refractivity contribution in [2.45, 2.75) is 66.0 Å². The molecule has 4 rings (SSSR count). The van der Waals surface area contributed by atoms with E-state index in [9.17, 15) is 19.7 Å². The molecule has 1 aliphatic carbocycles. The Morgan fingerprint density at radius 3 is 2.41 bits per heavy atom. The van der Waals surface area contributed by atoms with Crippen molar-refractivity contribution in [2.75, 3.05) is 31.1 Å². The quantitative estimate of drug-likeness (QED) is 0.221. The fourth-order valence-electron chi connectivity index (χ4n) is 5.68. The van der Waals surface area contributed by atoms with Crippen molar-refractivity contribution in [3.05, 3.63) is 58.1 Å². The Balaban J connectivity index is 1.56. The number of ether oxygens (including phenoxy) is 2. The van der Waals surface area contributed by atoms with Gasteiger partial charge in [-0.1, -0.05) is 38.1 Å². The van der Waals surface area contributed by atoms with Crippen LogP contribution < -0.4 is 4.90 Å². The number of hydrogen-bond donors (Lipinski definition) is 0. The summed E-state index contributed by atoms with van der Waals surface area (Å²) in [7, 11) is 0. The van der Waals surface area contributed by atoms with E-state index in [2.05, 4.69) is 18.7 Å². The molecule has 210 valence electrons. The Morgan fingerprint density at radius 1 is 1.15 bits per heavy atom. The zero-order valence-corrected chi connectivity index (χ0v) is 23.7. The van der Waals surface area contributed by atoms with E-state index >= 15 is 0 Å². The predicted octanol–water partition coefficient (Wildman–Crippen LogP) is 6.30. The molecule has 0 aromatic heterocycles. The second kappa shape index (κ2) is 10.9. The van der Waals surface area contributed by atoms with E-state index in [1.165, 1.54) is 0 Å². The van der Waals surface area contributed by atoms with Crippen LogP contribution in [0.4, 0.5) is 16.2 Å². The molecular formula is C30H39N3O6. The highest BCUT2D eigenvalue weighted by atomic mass is 16.6. The SMILES string of the molecule is CCOC(=O)c1ccccc1-c1ccc(N(CC(C)C)C2CC3(C2)CN(C(=O)OC(C)(C)C)C3)c([N+](=O)[O-])c1. The van der Waals surface area contributed by atoms with E-state index in [0.717, 1.165) is 12.8 Å². The van der Waals surface area contributed by atoms with E-state index in [4.69, 9.17) is 9.47 Å². The number of nitro groups is 1. The van der Waals surface area contributed by atoms with Crippen LogP contribution in [-0.4, -0.2) is 59.8 Å². The maximum atomic E-state index is 12.5. The Bertz CT molecular complexity index is 1240.